The van der Waals surface area contributed by atoms with Gasteiger partial charge >= 0.3 is 0 Å². The van der Waals surface area contributed by atoms with Gasteiger partial charge in [0.25, 0.3) is 0 Å². The Morgan fingerprint density at radius 3 is 2.00 bits per heavy atom. The number of aromatic nitrogens is 1. The second-order valence-corrected chi connectivity index (χ2v) is 6.38. The first-order valence-corrected chi connectivity index (χ1v) is 5.35. The standard InChI is InChI=1S/C13H23N/c1-12(2,3)10-14-8-7-11(9-14)13(4,5)6/h7-9H,10H2,1-6H3. The van der Waals surface area contributed by atoms with Crippen LogP contribution in [0, 0.1) is 5.41 Å². The second-order valence-electron chi connectivity index (χ2n) is 6.38. The minimum absolute atomic E-state index is 0.267. The van der Waals surface area contributed by atoms with Crippen molar-refractivity contribution < 1.29 is 0 Å². The molecule has 0 saturated carbocycles. The molecule has 0 aliphatic carbocycles. The molecule has 0 aliphatic heterocycles. The molecule has 1 aromatic rings. The Balaban J connectivity index is 2.79. The normalized spacial score (nSPS) is 13.3. The molecule has 1 heterocycles. The zero-order chi connectivity index (χ0) is 11.0. The van der Waals surface area contributed by atoms with E-state index >= 15 is 0 Å². The van der Waals surface area contributed by atoms with Gasteiger partial charge in [-0.1, -0.05) is 41.5 Å². The minimum Gasteiger partial charge on any atom is -0.353 e. The van der Waals surface area contributed by atoms with Crippen LogP contribution in [0.3, 0.4) is 0 Å². The summed E-state index contributed by atoms with van der Waals surface area (Å²) in [7, 11) is 0. The molecule has 0 bridgehead atoms. The maximum Gasteiger partial charge on any atom is 0.0268 e. The van der Waals surface area contributed by atoms with Gasteiger partial charge in [-0.25, -0.2) is 0 Å². The summed E-state index contributed by atoms with van der Waals surface area (Å²) in [5, 5.41) is 0. The van der Waals surface area contributed by atoms with Crippen molar-refractivity contribution in [3.05, 3.63) is 24.0 Å². The van der Waals surface area contributed by atoms with Crippen molar-refractivity contribution in [1.82, 2.24) is 4.57 Å². The van der Waals surface area contributed by atoms with Crippen LogP contribution in [0.15, 0.2) is 18.5 Å². The SMILES string of the molecule is CC(C)(C)Cn1ccc(C(C)(C)C)c1. The fourth-order valence-corrected chi connectivity index (χ4v) is 1.53. The van der Waals surface area contributed by atoms with Gasteiger partial charge in [0, 0.05) is 18.9 Å². The first kappa shape index (κ1) is 11.4. The third kappa shape index (κ3) is 3.21. The molecule has 0 spiro atoms. The lowest BCUT2D eigenvalue weighted by Crippen LogP contribution is -2.15. The van der Waals surface area contributed by atoms with Crippen LogP contribution in [-0.2, 0) is 12.0 Å². The molecule has 0 aromatic carbocycles. The monoisotopic (exact) mass is 193 g/mol. The van der Waals surface area contributed by atoms with E-state index in [0.29, 0.717) is 5.41 Å². The van der Waals surface area contributed by atoms with Gasteiger partial charge in [0.05, 0.1) is 0 Å². The highest BCUT2D eigenvalue weighted by atomic mass is 14.9. The Kier molecular flexibility index (Phi) is 2.80. The van der Waals surface area contributed by atoms with Crippen LogP contribution in [0.2, 0.25) is 0 Å². The van der Waals surface area contributed by atoms with Gasteiger partial charge in [-0.3, -0.25) is 0 Å². The molecule has 0 saturated heterocycles. The molecule has 1 heteroatoms. The fourth-order valence-electron chi connectivity index (χ4n) is 1.53. The first-order valence-electron chi connectivity index (χ1n) is 5.35. The lowest BCUT2D eigenvalue weighted by molar-refractivity contribution is 0.343. The van der Waals surface area contributed by atoms with Gasteiger partial charge in [0.15, 0.2) is 0 Å². The van der Waals surface area contributed by atoms with E-state index in [0.717, 1.165) is 6.54 Å². The molecule has 0 aliphatic rings. The van der Waals surface area contributed by atoms with Crippen molar-refractivity contribution in [2.75, 3.05) is 0 Å². The lowest BCUT2D eigenvalue weighted by Gasteiger charge is -2.20. The zero-order valence-corrected chi connectivity index (χ0v) is 10.4. The van der Waals surface area contributed by atoms with Gasteiger partial charge in [-0.2, -0.15) is 0 Å². The molecule has 80 valence electrons. The maximum atomic E-state index is 2.29. The summed E-state index contributed by atoms with van der Waals surface area (Å²) in [6.45, 7) is 14.7. The Hall–Kier alpha value is -0.720. The molecule has 0 amide bonds. The fraction of sp³-hybridized carbons (Fsp3) is 0.692. The number of nitrogens with zero attached hydrogens (tertiary/aromatic N) is 1. The van der Waals surface area contributed by atoms with Crippen LogP contribution >= 0.6 is 0 Å². The molecule has 14 heavy (non-hydrogen) atoms. The van der Waals surface area contributed by atoms with E-state index in [2.05, 4.69) is 64.6 Å². The van der Waals surface area contributed by atoms with E-state index in [1.54, 1.807) is 0 Å². The third-order valence-electron chi connectivity index (χ3n) is 2.27. The highest BCUT2D eigenvalue weighted by molar-refractivity contribution is 5.19. The van der Waals surface area contributed by atoms with Crippen LogP contribution in [0.25, 0.3) is 0 Å². The van der Waals surface area contributed by atoms with Crippen LogP contribution in [0.1, 0.15) is 47.1 Å². The summed E-state index contributed by atoms with van der Waals surface area (Å²) in [6.07, 6.45) is 4.46. The molecule has 1 aromatic heterocycles. The number of hydrogen-bond acceptors (Lipinski definition) is 0. The van der Waals surface area contributed by atoms with E-state index < -0.39 is 0 Å². The van der Waals surface area contributed by atoms with E-state index in [1.165, 1.54) is 5.56 Å². The molecule has 0 radical (unpaired) electrons. The Morgan fingerprint density at radius 1 is 1.07 bits per heavy atom. The predicted molar refractivity (Wildman–Crippen MR) is 62.6 cm³/mol. The summed E-state index contributed by atoms with van der Waals surface area (Å²) < 4.78 is 2.29. The molecular weight excluding hydrogens is 170 g/mol. The molecular formula is C13H23N. The zero-order valence-electron chi connectivity index (χ0n) is 10.4. The van der Waals surface area contributed by atoms with Crippen molar-refractivity contribution in [2.24, 2.45) is 5.41 Å². The molecule has 0 fully saturated rings. The summed E-state index contributed by atoms with van der Waals surface area (Å²) in [5.41, 5.74) is 2.04. The Morgan fingerprint density at radius 2 is 1.64 bits per heavy atom. The average molecular weight is 193 g/mol. The molecule has 1 nitrogen and oxygen atoms in total. The van der Waals surface area contributed by atoms with Crippen LogP contribution in [0.5, 0.6) is 0 Å². The summed E-state index contributed by atoms with van der Waals surface area (Å²) in [6, 6.07) is 2.23. The molecule has 0 N–H and O–H groups in total. The highest BCUT2D eigenvalue weighted by Gasteiger charge is 2.16. The highest BCUT2D eigenvalue weighted by Crippen LogP contribution is 2.24. The van der Waals surface area contributed by atoms with E-state index in [9.17, 15) is 0 Å². The number of hydrogen-bond donors (Lipinski definition) is 0. The van der Waals surface area contributed by atoms with E-state index in [4.69, 9.17) is 0 Å². The summed E-state index contributed by atoms with van der Waals surface area (Å²) >= 11 is 0. The summed E-state index contributed by atoms with van der Waals surface area (Å²) in [5.74, 6) is 0. The Bertz CT molecular complexity index is 294. The van der Waals surface area contributed by atoms with Crippen molar-refractivity contribution in [3.8, 4) is 0 Å². The Labute approximate surface area is 88.1 Å². The smallest absolute Gasteiger partial charge is 0.0268 e. The maximum absolute atomic E-state index is 2.29. The largest absolute Gasteiger partial charge is 0.353 e. The summed E-state index contributed by atoms with van der Waals surface area (Å²) in [4.78, 5) is 0. The first-order chi connectivity index (χ1) is 6.18. The average Bonchev–Trinajstić information content (AvgIpc) is 2.29. The van der Waals surface area contributed by atoms with E-state index in [1.807, 2.05) is 0 Å². The van der Waals surface area contributed by atoms with E-state index in [-0.39, 0.29) is 5.41 Å². The van der Waals surface area contributed by atoms with Gasteiger partial charge in [-0.15, -0.1) is 0 Å². The van der Waals surface area contributed by atoms with Gasteiger partial charge in [0.2, 0.25) is 0 Å². The van der Waals surface area contributed by atoms with Crippen molar-refractivity contribution in [3.63, 3.8) is 0 Å². The molecule has 0 atom stereocenters. The molecule has 1 rings (SSSR count). The van der Waals surface area contributed by atoms with Crippen LogP contribution in [-0.4, -0.2) is 4.57 Å². The van der Waals surface area contributed by atoms with Crippen molar-refractivity contribution >= 4 is 0 Å². The number of rotatable bonds is 1. The third-order valence-corrected chi connectivity index (χ3v) is 2.27. The predicted octanol–water partition coefficient (Wildman–Crippen LogP) is 3.83. The van der Waals surface area contributed by atoms with Gasteiger partial charge in [-0.05, 0) is 22.5 Å². The second kappa shape index (κ2) is 3.45. The quantitative estimate of drug-likeness (QED) is 0.639. The van der Waals surface area contributed by atoms with Gasteiger partial charge < -0.3 is 4.57 Å². The topological polar surface area (TPSA) is 4.93 Å². The van der Waals surface area contributed by atoms with Gasteiger partial charge in [0.1, 0.15) is 0 Å². The molecule has 0 unspecified atom stereocenters. The lowest BCUT2D eigenvalue weighted by atomic mass is 9.89. The van der Waals surface area contributed by atoms with Crippen molar-refractivity contribution in [2.45, 2.75) is 53.5 Å². The van der Waals surface area contributed by atoms with Crippen molar-refractivity contribution in [1.29, 1.82) is 0 Å². The van der Waals surface area contributed by atoms with Crippen LogP contribution in [0.4, 0.5) is 0 Å². The minimum atomic E-state index is 0.267. The van der Waals surface area contributed by atoms with Crippen LogP contribution < -0.4 is 0 Å².